The van der Waals surface area contributed by atoms with Crippen LogP contribution < -0.4 is 0 Å². The summed E-state index contributed by atoms with van der Waals surface area (Å²) >= 11 is 3.87. The standard InChI is InChI=1S/C4H10NOPS/c6-7(8)5-3-1-2-4-5/h7H,1-4H2,(H,6,8). The molecule has 0 N–H and O–H groups in total. The van der Waals surface area contributed by atoms with E-state index in [4.69, 9.17) is 0 Å². The van der Waals surface area contributed by atoms with E-state index in [1.807, 2.05) is 4.67 Å². The monoisotopic (exact) mass is 151 g/mol. The first-order chi connectivity index (χ1) is 3.80. The van der Waals surface area contributed by atoms with E-state index >= 15 is 0 Å². The van der Waals surface area contributed by atoms with E-state index in [0.717, 1.165) is 13.1 Å². The number of rotatable bonds is 1. The number of thiol groups is 1. The van der Waals surface area contributed by atoms with Crippen molar-refractivity contribution in [2.45, 2.75) is 12.8 Å². The molecule has 0 spiro atoms. The smallest absolute Gasteiger partial charge is 0.189 e. The van der Waals surface area contributed by atoms with Crippen LogP contribution in [0.4, 0.5) is 0 Å². The minimum absolute atomic E-state index is 0.987. The van der Waals surface area contributed by atoms with Crippen LogP contribution in [0.1, 0.15) is 12.8 Å². The van der Waals surface area contributed by atoms with Crippen LogP contribution in [0.5, 0.6) is 0 Å². The summed E-state index contributed by atoms with van der Waals surface area (Å²) in [5.74, 6) is 0. The lowest BCUT2D eigenvalue weighted by Crippen LogP contribution is -2.05. The molecule has 1 heterocycles. The lowest BCUT2D eigenvalue weighted by atomic mass is 10.4. The van der Waals surface area contributed by atoms with Gasteiger partial charge in [-0.3, -0.25) is 4.57 Å². The Hall–Kier alpha value is 0.540. The van der Waals surface area contributed by atoms with Gasteiger partial charge in [-0.15, -0.1) is 12.2 Å². The van der Waals surface area contributed by atoms with Crippen molar-refractivity contribution in [1.82, 2.24) is 4.67 Å². The van der Waals surface area contributed by atoms with E-state index < -0.39 is 7.15 Å². The van der Waals surface area contributed by atoms with E-state index in [-0.39, 0.29) is 0 Å². The molecule has 0 bridgehead atoms. The summed E-state index contributed by atoms with van der Waals surface area (Å²) in [7, 11) is -1.63. The molecule has 1 unspecified atom stereocenters. The molecule has 0 saturated carbocycles. The molecule has 8 heavy (non-hydrogen) atoms. The summed E-state index contributed by atoms with van der Waals surface area (Å²) in [4.78, 5) is 0. The van der Waals surface area contributed by atoms with Crippen LogP contribution in [0.25, 0.3) is 0 Å². The van der Waals surface area contributed by atoms with Crippen LogP contribution in [0.15, 0.2) is 0 Å². The van der Waals surface area contributed by atoms with Crippen molar-refractivity contribution in [3.05, 3.63) is 0 Å². The second-order valence-corrected chi connectivity index (χ2v) is 4.32. The van der Waals surface area contributed by atoms with Crippen molar-refractivity contribution >= 4 is 19.4 Å². The van der Waals surface area contributed by atoms with Crippen LogP contribution in [0.2, 0.25) is 0 Å². The SMILES string of the molecule is O=[PH](S)N1CCCC1. The van der Waals surface area contributed by atoms with Crippen LogP contribution in [-0.2, 0) is 4.57 Å². The zero-order valence-corrected chi connectivity index (χ0v) is 6.53. The fourth-order valence-electron chi connectivity index (χ4n) is 0.908. The Morgan fingerprint density at radius 2 is 1.88 bits per heavy atom. The van der Waals surface area contributed by atoms with Gasteiger partial charge in [-0.2, -0.15) is 0 Å². The molecule has 1 fully saturated rings. The highest BCUT2D eigenvalue weighted by Gasteiger charge is 2.13. The minimum Gasteiger partial charge on any atom is -0.298 e. The van der Waals surface area contributed by atoms with Gasteiger partial charge in [0.1, 0.15) is 0 Å². The minimum atomic E-state index is -1.63. The number of hydrogen-bond acceptors (Lipinski definition) is 1. The molecule has 2 nitrogen and oxygen atoms in total. The second-order valence-electron chi connectivity index (χ2n) is 1.98. The molecule has 0 aromatic heterocycles. The molecule has 48 valence electrons. The first-order valence-electron chi connectivity index (χ1n) is 2.78. The predicted octanol–water partition coefficient (Wildman–Crippen LogP) is 1.40. The van der Waals surface area contributed by atoms with E-state index in [1.165, 1.54) is 12.8 Å². The summed E-state index contributed by atoms with van der Waals surface area (Å²) in [6.45, 7) is 1.97. The number of hydrogen-bond donors (Lipinski definition) is 1. The van der Waals surface area contributed by atoms with Crippen LogP contribution in [0, 0.1) is 0 Å². The maximum Gasteiger partial charge on any atom is 0.189 e. The highest BCUT2D eigenvalue weighted by molar-refractivity contribution is 8.39. The zero-order valence-electron chi connectivity index (χ0n) is 4.63. The molecule has 0 radical (unpaired) electrons. The van der Waals surface area contributed by atoms with Crippen molar-refractivity contribution in [3.8, 4) is 0 Å². The summed E-state index contributed by atoms with van der Waals surface area (Å²) in [5, 5.41) is 0. The molecular formula is C4H10NOPS. The van der Waals surface area contributed by atoms with Gasteiger partial charge in [-0.1, -0.05) is 0 Å². The Morgan fingerprint density at radius 1 is 1.38 bits per heavy atom. The average Bonchev–Trinajstić information content (AvgIpc) is 2.12. The fraction of sp³-hybridized carbons (Fsp3) is 1.00. The molecule has 4 heteroatoms. The molecule has 0 aromatic carbocycles. The van der Waals surface area contributed by atoms with Crippen LogP contribution in [-0.4, -0.2) is 17.8 Å². The van der Waals surface area contributed by atoms with Gasteiger partial charge in [-0.05, 0) is 12.8 Å². The van der Waals surface area contributed by atoms with E-state index in [0.29, 0.717) is 0 Å². The summed E-state index contributed by atoms with van der Waals surface area (Å²) in [6, 6.07) is 0. The van der Waals surface area contributed by atoms with Crippen LogP contribution >= 0.6 is 19.4 Å². The lowest BCUT2D eigenvalue weighted by Gasteiger charge is -2.07. The third-order valence-electron chi connectivity index (χ3n) is 1.38. The van der Waals surface area contributed by atoms with Gasteiger partial charge >= 0.3 is 0 Å². The molecule has 1 aliphatic rings. The van der Waals surface area contributed by atoms with Gasteiger partial charge in [0.25, 0.3) is 0 Å². The highest BCUT2D eigenvalue weighted by Crippen LogP contribution is 2.34. The third kappa shape index (κ3) is 1.51. The molecule has 1 saturated heterocycles. The fourth-order valence-corrected chi connectivity index (χ4v) is 2.21. The molecule has 1 rings (SSSR count). The van der Waals surface area contributed by atoms with Crippen molar-refractivity contribution in [1.29, 1.82) is 0 Å². The largest absolute Gasteiger partial charge is 0.298 e. The van der Waals surface area contributed by atoms with Gasteiger partial charge in [-0.25, -0.2) is 4.67 Å². The average molecular weight is 151 g/mol. The van der Waals surface area contributed by atoms with Gasteiger partial charge in [0.15, 0.2) is 7.15 Å². The number of nitrogens with zero attached hydrogens (tertiary/aromatic N) is 1. The van der Waals surface area contributed by atoms with Gasteiger partial charge in [0.2, 0.25) is 0 Å². The Labute approximate surface area is 55.3 Å². The molecule has 0 aromatic rings. The maximum absolute atomic E-state index is 10.6. The van der Waals surface area contributed by atoms with Gasteiger partial charge in [0.05, 0.1) is 0 Å². The Kier molecular flexibility index (Phi) is 2.42. The molecular weight excluding hydrogens is 141 g/mol. The summed E-state index contributed by atoms with van der Waals surface area (Å²) in [6.07, 6.45) is 2.38. The first-order valence-corrected chi connectivity index (χ1v) is 5.43. The molecule has 0 amide bonds. The first kappa shape index (κ1) is 6.66. The summed E-state index contributed by atoms with van der Waals surface area (Å²) < 4.78 is 12.6. The van der Waals surface area contributed by atoms with Crippen molar-refractivity contribution in [2.24, 2.45) is 0 Å². The lowest BCUT2D eigenvalue weighted by molar-refractivity contribution is 0.507. The van der Waals surface area contributed by atoms with E-state index in [1.54, 1.807) is 0 Å². The maximum atomic E-state index is 10.6. The molecule has 1 atom stereocenters. The van der Waals surface area contributed by atoms with Crippen molar-refractivity contribution < 1.29 is 4.57 Å². The zero-order chi connectivity index (χ0) is 5.98. The predicted molar refractivity (Wildman–Crippen MR) is 38.8 cm³/mol. The van der Waals surface area contributed by atoms with Gasteiger partial charge < -0.3 is 0 Å². The normalized spacial score (nSPS) is 26.1. The Bertz CT molecular complexity index is 102. The molecule has 0 aliphatic carbocycles. The molecule has 1 aliphatic heterocycles. The second kappa shape index (κ2) is 2.90. The Balaban J connectivity index is 2.35. The van der Waals surface area contributed by atoms with Crippen molar-refractivity contribution in [2.75, 3.05) is 13.1 Å². The quantitative estimate of drug-likeness (QED) is 0.451. The topological polar surface area (TPSA) is 20.3 Å². The Morgan fingerprint density at radius 3 is 2.12 bits per heavy atom. The van der Waals surface area contributed by atoms with Crippen molar-refractivity contribution in [3.63, 3.8) is 0 Å². The highest BCUT2D eigenvalue weighted by atomic mass is 32.7. The third-order valence-corrected chi connectivity index (χ3v) is 3.21. The van der Waals surface area contributed by atoms with Gasteiger partial charge in [0, 0.05) is 13.1 Å². The van der Waals surface area contributed by atoms with E-state index in [2.05, 4.69) is 12.2 Å². The summed E-state index contributed by atoms with van der Waals surface area (Å²) in [5.41, 5.74) is 0. The van der Waals surface area contributed by atoms with Crippen LogP contribution in [0.3, 0.4) is 0 Å². The van der Waals surface area contributed by atoms with E-state index in [9.17, 15) is 4.57 Å².